The third-order valence-corrected chi connectivity index (χ3v) is 2.34. The molecule has 6 nitrogen and oxygen atoms in total. The minimum Gasteiger partial charge on any atom is -0.382 e. The summed E-state index contributed by atoms with van der Waals surface area (Å²) in [6.45, 7) is 3.77. The molecule has 0 radical (unpaired) electrons. The van der Waals surface area contributed by atoms with E-state index in [2.05, 4.69) is 5.32 Å². The first-order valence-electron chi connectivity index (χ1n) is 5.74. The normalized spacial score (nSPS) is 10.1. The van der Waals surface area contributed by atoms with E-state index in [1.54, 1.807) is 12.1 Å². The number of ether oxygens (including phenoxy) is 1. The van der Waals surface area contributed by atoms with Crippen LogP contribution < -0.4 is 5.32 Å². The lowest BCUT2D eigenvalue weighted by atomic mass is 10.2. The van der Waals surface area contributed by atoms with Gasteiger partial charge in [0.1, 0.15) is 12.0 Å². The number of nitro groups is 1. The van der Waals surface area contributed by atoms with E-state index >= 15 is 0 Å². The Morgan fingerprint density at radius 3 is 2.89 bits per heavy atom. The summed E-state index contributed by atoms with van der Waals surface area (Å²) in [4.78, 5) is 20.9. The Labute approximate surface area is 105 Å². The molecule has 98 valence electrons. The molecule has 0 aliphatic heterocycles. The van der Waals surface area contributed by atoms with Crippen LogP contribution in [0.3, 0.4) is 0 Å². The summed E-state index contributed by atoms with van der Waals surface area (Å²) in [5.41, 5.74) is 0.625. The molecule has 0 saturated heterocycles. The monoisotopic (exact) mass is 252 g/mol. The van der Waals surface area contributed by atoms with E-state index in [1.165, 1.54) is 6.07 Å². The van der Waals surface area contributed by atoms with E-state index in [4.69, 9.17) is 4.74 Å². The van der Waals surface area contributed by atoms with Crippen LogP contribution in [0.1, 0.15) is 23.7 Å². The van der Waals surface area contributed by atoms with Gasteiger partial charge in [-0.05, 0) is 25.5 Å². The van der Waals surface area contributed by atoms with Gasteiger partial charge in [0.15, 0.2) is 0 Å². The van der Waals surface area contributed by atoms with Crippen LogP contribution in [0.2, 0.25) is 0 Å². The van der Waals surface area contributed by atoms with E-state index in [-0.39, 0.29) is 5.69 Å². The number of nitro benzene ring substituents is 1. The zero-order chi connectivity index (χ0) is 13.4. The molecule has 1 aromatic carbocycles. The standard InChI is InChI=1S/C12H16N2O4/c1-2-18-7-3-6-13-11-5-4-10(9-15)8-12(11)14(16)17/h4-5,8-9,13H,2-3,6-7H2,1H3. The second-order valence-corrected chi connectivity index (χ2v) is 3.63. The number of hydrogen-bond donors (Lipinski definition) is 1. The predicted octanol–water partition coefficient (Wildman–Crippen LogP) is 2.25. The zero-order valence-electron chi connectivity index (χ0n) is 10.2. The number of benzene rings is 1. The lowest BCUT2D eigenvalue weighted by Gasteiger charge is -2.07. The molecule has 0 aliphatic carbocycles. The maximum absolute atomic E-state index is 10.9. The Morgan fingerprint density at radius 2 is 2.28 bits per heavy atom. The minimum absolute atomic E-state index is 0.0870. The van der Waals surface area contributed by atoms with Gasteiger partial charge in [-0.15, -0.1) is 0 Å². The molecular weight excluding hydrogens is 236 g/mol. The third kappa shape index (κ3) is 4.14. The van der Waals surface area contributed by atoms with Crippen LogP contribution in [0, 0.1) is 10.1 Å². The lowest BCUT2D eigenvalue weighted by Crippen LogP contribution is -2.07. The van der Waals surface area contributed by atoms with Crippen molar-refractivity contribution in [2.45, 2.75) is 13.3 Å². The number of nitrogens with zero attached hydrogens (tertiary/aromatic N) is 1. The second-order valence-electron chi connectivity index (χ2n) is 3.63. The van der Waals surface area contributed by atoms with Crippen molar-refractivity contribution in [3.05, 3.63) is 33.9 Å². The fourth-order valence-corrected chi connectivity index (χ4v) is 1.46. The van der Waals surface area contributed by atoms with Gasteiger partial charge in [0.2, 0.25) is 0 Å². The van der Waals surface area contributed by atoms with Crippen molar-refractivity contribution in [1.29, 1.82) is 0 Å². The number of aldehydes is 1. The van der Waals surface area contributed by atoms with Gasteiger partial charge >= 0.3 is 0 Å². The average molecular weight is 252 g/mol. The Balaban J connectivity index is 2.64. The van der Waals surface area contributed by atoms with Crippen molar-refractivity contribution >= 4 is 17.7 Å². The smallest absolute Gasteiger partial charge is 0.293 e. The molecular formula is C12H16N2O4. The van der Waals surface area contributed by atoms with E-state index in [9.17, 15) is 14.9 Å². The highest BCUT2D eigenvalue weighted by Gasteiger charge is 2.13. The molecule has 0 amide bonds. The van der Waals surface area contributed by atoms with Crippen LogP contribution >= 0.6 is 0 Å². The first-order chi connectivity index (χ1) is 8.69. The van der Waals surface area contributed by atoms with Crippen LogP contribution in [0.4, 0.5) is 11.4 Å². The number of nitrogens with one attached hydrogen (secondary N) is 1. The second kappa shape index (κ2) is 7.39. The Kier molecular flexibility index (Phi) is 5.79. The SMILES string of the molecule is CCOCCCNc1ccc(C=O)cc1[N+](=O)[O-]. The molecule has 0 fully saturated rings. The van der Waals surface area contributed by atoms with Gasteiger partial charge in [0.25, 0.3) is 5.69 Å². The molecule has 0 unspecified atom stereocenters. The molecule has 0 aromatic heterocycles. The van der Waals surface area contributed by atoms with Crippen molar-refractivity contribution in [3.8, 4) is 0 Å². The van der Waals surface area contributed by atoms with Gasteiger partial charge in [-0.2, -0.15) is 0 Å². The summed E-state index contributed by atoms with van der Waals surface area (Å²) in [7, 11) is 0. The molecule has 1 rings (SSSR count). The van der Waals surface area contributed by atoms with Gasteiger partial charge in [-0.25, -0.2) is 0 Å². The van der Waals surface area contributed by atoms with E-state index in [0.717, 1.165) is 6.42 Å². The highest BCUT2D eigenvalue weighted by molar-refractivity contribution is 5.79. The van der Waals surface area contributed by atoms with E-state index < -0.39 is 4.92 Å². The largest absolute Gasteiger partial charge is 0.382 e. The summed E-state index contributed by atoms with van der Waals surface area (Å²) in [6.07, 6.45) is 1.35. The Morgan fingerprint density at radius 1 is 1.50 bits per heavy atom. The summed E-state index contributed by atoms with van der Waals surface area (Å²) >= 11 is 0. The Hall–Kier alpha value is -1.95. The molecule has 0 bridgehead atoms. The van der Waals surface area contributed by atoms with Gasteiger partial charge in [0, 0.05) is 31.4 Å². The van der Waals surface area contributed by atoms with Crippen LogP contribution in [0.25, 0.3) is 0 Å². The minimum atomic E-state index is -0.502. The molecule has 1 aromatic rings. The van der Waals surface area contributed by atoms with Crippen molar-refractivity contribution in [2.24, 2.45) is 0 Å². The number of anilines is 1. The highest BCUT2D eigenvalue weighted by Crippen LogP contribution is 2.24. The fraction of sp³-hybridized carbons (Fsp3) is 0.417. The van der Waals surface area contributed by atoms with Gasteiger partial charge in [0.05, 0.1) is 4.92 Å². The molecule has 0 heterocycles. The van der Waals surface area contributed by atoms with Crippen molar-refractivity contribution in [1.82, 2.24) is 0 Å². The quantitative estimate of drug-likeness (QED) is 0.332. The summed E-state index contributed by atoms with van der Waals surface area (Å²) in [5.74, 6) is 0. The molecule has 18 heavy (non-hydrogen) atoms. The highest BCUT2D eigenvalue weighted by atomic mass is 16.6. The average Bonchev–Trinajstić information content (AvgIpc) is 2.38. The Bertz CT molecular complexity index is 421. The van der Waals surface area contributed by atoms with Crippen LogP contribution in [0.15, 0.2) is 18.2 Å². The number of rotatable bonds is 8. The zero-order valence-corrected chi connectivity index (χ0v) is 10.2. The summed E-state index contributed by atoms with van der Waals surface area (Å²) in [6, 6.07) is 4.35. The first-order valence-corrected chi connectivity index (χ1v) is 5.74. The van der Waals surface area contributed by atoms with Crippen LogP contribution in [0.5, 0.6) is 0 Å². The van der Waals surface area contributed by atoms with Crippen molar-refractivity contribution in [3.63, 3.8) is 0 Å². The van der Waals surface area contributed by atoms with E-state index in [1.807, 2.05) is 6.92 Å². The van der Waals surface area contributed by atoms with Gasteiger partial charge < -0.3 is 10.1 Å². The molecule has 0 atom stereocenters. The lowest BCUT2D eigenvalue weighted by molar-refractivity contribution is -0.384. The van der Waals surface area contributed by atoms with Gasteiger partial charge in [-0.1, -0.05) is 0 Å². The number of carbonyl (C=O) groups excluding carboxylic acids is 1. The third-order valence-electron chi connectivity index (χ3n) is 2.34. The maximum Gasteiger partial charge on any atom is 0.293 e. The first kappa shape index (κ1) is 14.1. The number of hydrogen-bond acceptors (Lipinski definition) is 5. The molecule has 0 saturated carbocycles. The maximum atomic E-state index is 10.9. The molecule has 6 heteroatoms. The van der Waals surface area contributed by atoms with Gasteiger partial charge in [-0.3, -0.25) is 14.9 Å². The fourth-order valence-electron chi connectivity index (χ4n) is 1.46. The topological polar surface area (TPSA) is 81.5 Å². The molecule has 0 aliphatic rings. The predicted molar refractivity (Wildman–Crippen MR) is 68.1 cm³/mol. The van der Waals surface area contributed by atoms with Crippen molar-refractivity contribution < 1.29 is 14.5 Å². The molecule has 1 N–H and O–H groups in total. The number of carbonyl (C=O) groups is 1. The van der Waals surface area contributed by atoms with Crippen molar-refractivity contribution in [2.75, 3.05) is 25.1 Å². The van der Waals surface area contributed by atoms with Crippen LogP contribution in [-0.4, -0.2) is 31.0 Å². The van der Waals surface area contributed by atoms with E-state index in [0.29, 0.717) is 37.3 Å². The van der Waals surface area contributed by atoms with Crippen LogP contribution in [-0.2, 0) is 4.74 Å². The summed E-state index contributed by atoms with van der Waals surface area (Å²) in [5, 5.41) is 13.8. The summed E-state index contributed by atoms with van der Waals surface area (Å²) < 4.78 is 5.17. The molecule has 0 spiro atoms.